The van der Waals surface area contributed by atoms with E-state index in [4.69, 9.17) is 0 Å². The number of rotatable bonds is 8. The number of hydrogen-bond donors (Lipinski definition) is 0. The molecule has 0 unspecified atom stereocenters. The molecular formula is C73H51N3. The van der Waals surface area contributed by atoms with Gasteiger partial charge < -0.3 is 14.0 Å². The summed E-state index contributed by atoms with van der Waals surface area (Å²) < 4.78 is 4.93. The van der Waals surface area contributed by atoms with Gasteiger partial charge in [-0.15, -0.1) is 0 Å². The summed E-state index contributed by atoms with van der Waals surface area (Å²) in [5.74, 6) is 0. The number of para-hydroxylation sites is 5. The van der Waals surface area contributed by atoms with E-state index < -0.39 is 0 Å². The molecule has 2 aromatic heterocycles. The summed E-state index contributed by atoms with van der Waals surface area (Å²) in [7, 11) is 0. The van der Waals surface area contributed by atoms with Gasteiger partial charge in [0.1, 0.15) is 0 Å². The van der Waals surface area contributed by atoms with E-state index in [-0.39, 0.29) is 5.41 Å². The Balaban J connectivity index is 0.971. The Kier molecular flexibility index (Phi) is 9.92. The van der Waals surface area contributed by atoms with E-state index in [1.807, 2.05) is 0 Å². The fraction of sp³-hybridized carbons (Fsp3) is 0.0411. The second-order valence-corrected chi connectivity index (χ2v) is 20.9. The second-order valence-electron chi connectivity index (χ2n) is 20.9. The van der Waals surface area contributed by atoms with Crippen molar-refractivity contribution in [2.24, 2.45) is 0 Å². The molecule has 0 radical (unpaired) electrons. The first-order chi connectivity index (χ1) is 37.5. The smallest absolute Gasteiger partial charge is 0.0547 e. The zero-order valence-corrected chi connectivity index (χ0v) is 42.3. The van der Waals surface area contributed by atoms with Crippen LogP contribution in [0.2, 0.25) is 0 Å². The molecular weight excluding hydrogens is 919 g/mol. The molecule has 0 fully saturated rings. The van der Waals surface area contributed by atoms with Gasteiger partial charge in [-0.05, 0) is 141 Å². The van der Waals surface area contributed by atoms with E-state index in [1.165, 1.54) is 82.3 Å². The van der Waals surface area contributed by atoms with Crippen LogP contribution in [0.1, 0.15) is 25.0 Å². The SMILES string of the molecule is CC1(C)c2ccccc2-c2c(-n3c4ccccc4c4cc(-c5cc(-c6ccc7c8ccccc8n(-c8ccccc8)c7c6)cc(-c6ccccc6N(c6ccccc6)c6cccc7ccccc67)c5)ccc43)cccc21. The minimum absolute atomic E-state index is 0.106. The molecule has 0 aliphatic heterocycles. The highest BCUT2D eigenvalue weighted by Gasteiger charge is 2.37. The van der Waals surface area contributed by atoms with Crippen LogP contribution >= 0.6 is 0 Å². The van der Waals surface area contributed by atoms with Gasteiger partial charge in [-0.3, -0.25) is 0 Å². The van der Waals surface area contributed by atoms with Crippen molar-refractivity contribution in [3.8, 4) is 55.9 Å². The quantitative estimate of drug-likeness (QED) is 0.148. The first kappa shape index (κ1) is 43.8. The highest BCUT2D eigenvalue weighted by atomic mass is 15.1. The molecule has 0 N–H and O–H groups in total. The highest BCUT2D eigenvalue weighted by molar-refractivity contribution is 6.13. The Labute approximate surface area is 442 Å². The molecule has 358 valence electrons. The van der Waals surface area contributed by atoms with Crippen molar-refractivity contribution in [1.29, 1.82) is 0 Å². The molecule has 76 heavy (non-hydrogen) atoms. The summed E-state index contributed by atoms with van der Waals surface area (Å²) in [6.07, 6.45) is 0. The molecule has 3 nitrogen and oxygen atoms in total. The fourth-order valence-corrected chi connectivity index (χ4v) is 12.8. The molecule has 1 aliphatic carbocycles. The van der Waals surface area contributed by atoms with Gasteiger partial charge in [0, 0.05) is 54.8 Å². The molecule has 0 bridgehead atoms. The third kappa shape index (κ3) is 6.75. The Hall–Kier alpha value is -9.70. The van der Waals surface area contributed by atoms with Crippen molar-refractivity contribution in [2.75, 3.05) is 4.90 Å². The predicted octanol–water partition coefficient (Wildman–Crippen LogP) is 19.8. The Morgan fingerprint density at radius 3 is 1.66 bits per heavy atom. The van der Waals surface area contributed by atoms with Gasteiger partial charge in [-0.1, -0.05) is 196 Å². The molecule has 15 rings (SSSR count). The molecule has 0 saturated carbocycles. The normalized spacial score (nSPS) is 12.7. The fourth-order valence-electron chi connectivity index (χ4n) is 12.8. The molecule has 14 aromatic rings. The maximum Gasteiger partial charge on any atom is 0.0547 e. The maximum absolute atomic E-state index is 2.51. The second kappa shape index (κ2) is 17.2. The van der Waals surface area contributed by atoms with Crippen LogP contribution < -0.4 is 4.90 Å². The highest BCUT2D eigenvalue weighted by Crippen LogP contribution is 2.52. The van der Waals surface area contributed by atoms with Crippen molar-refractivity contribution >= 4 is 71.4 Å². The number of benzene rings is 12. The average Bonchev–Trinajstić information content (AvgIpc) is 4.08. The number of anilines is 3. The Bertz CT molecular complexity index is 4610. The van der Waals surface area contributed by atoms with E-state index in [1.54, 1.807) is 0 Å². The van der Waals surface area contributed by atoms with Crippen LogP contribution in [0.3, 0.4) is 0 Å². The Morgan fingerprint density at radius 1 is 0.316 bits per heavy atom. The maximum atomic E-state index is 2.51. The van der Waals surface area contributed by atoms with Crippen LogP contribution in [0, 0.1) is 0 Å². The van der Waals surface area contributed by atoms with Gasteiger partial charge in [0.2, 0.25) is 0 Å². The Morgan fingerprint density at radius 2 is 0.855 bits per heavy atom. The standard InChI is InChI=1S/C73H51N3/c1-73(2)63-32-15-11-31-61(63)72-64(73)33-20-38-70(72)76-68-36-18-14-30-59(68)62-46-49(40-42-69(62)76)51-43-52(50-39-41-60-58-29-13-17-35-67(58)75(71(60)47-50)55-25-7-4-8-26-55)45-53(44-51)57-28-12-16-34-65(57)74(54-23-5-3-6-24-54)66-37-19-22-48-21-9-10-27-56(48)66/h3-47H,1-2H3. The predicted molar refractivity (Wildman–Crippen MR) is 321 cm³/mol. The van der Waals surface area contributed by atoms with Gasteiger partial charge in [0.05, 0.1) is 39.1 Å². The van der Waals surface area contributed by atoms with Crippen molar-refractivity contribution < 1.29 is 0 Å². The number of nitrogens with zero attached hydrogens (tertiary/aromatic N) is 3. The van der Waals surface area contributed by atoms with Crippen LogP contribution in [-0.2, 0) is 5.41 Å². The molecule has 0 saturated heterocycles. The van der Waals surface area contributed by atoms with E-state index in [9.17, 15) is 0 Å². The summed E-state index contributed by atoms with van der Waals surface area (Å²) in [6.45, 7) is 4.73. The summed E-state index contributed by atoms with van der Waals surface area (Å²) >= 11 is 0. The van der Waals surface area contributed by atoms with Crippen molar-refractivity contribution in [3.05, 3.63) is 284 Å². The lowest BCUT2D eigenvalue weighted by Gasteiger charge is -2.29. The third-order valence-electron chi connectivity index (χ3n) is 16.3. The van der Waals surface area contributed by atoms with E-state index in [2.05, 4.69) is 301 Å². The first-order valence-corrected chi connectivity index (χ1v) is 26.4. The minimum Gasteiger partial charge on any atom is -0.309 e. The molecule has 0 amide bonds. The molecule has 12 aromatic carbocycles. The zero-order valence-electron chi connectivity index (χ0n) is 42.3. The van der Waals surface area contributed by atoms with E-state index >= 15 is 0 Å². The average molecular weight is 970 g/mol. The van der Waals surface area contributed by atoms with Crippen LogP contribution in [-0.4, -0.2) is 9.13 Å². The summed E-state index contributed by atoms with van der Waals surface area (Å²) in [5.41, 5.74) is 22.6. The number of aromatic nitrogens is 2. The summed E-state index contributed by atoms with van der Waals surface area (Å²) in [4.78, 5) is 2.44. The monoisotopic (exact) mass is 969 g/mol. The largest absolute Gasteiger partial charge is 0.309 e. The first-order valence-electron chi connectivity index (χ1n) is 26.4. The molecule has 0 spiro atoms. The zero-order chi connectivity index (χ0) is 50.5. The van der Waals surface area contributed by atoms with Crippen molar-refractivity contribution in [1.82, 2.24) is 9.13 Å². The van der Waals surface area contributed by atoms with E-state index in [0.29, 0.717) is 0 Å². The van der Waals surface area contributed by atoms with Gasteiger partial charge in [0.15, 0.2) is 0 Å². The summed E-state index contributed by atoms with van der Waals surface area (Å²) in [5, 5.41) is 7.33. The van der Waals surface area contributed by atoms with Gasteiger partial charge in [0.25, 0.3) is 0 Å². The van der Waals surface area contributed by atoms with Crippen LogP contribution in [0.25, 0.3) is 110 Å². The molecule has 0 atom stereocenters. The molecule has 2 heterocycles. The van der Waals surface area contributed by atoms with Crippen LogP contribution in [0.5, 0.6) is 0 Å². The van der Waals surface area contributed by atoms with Gasteiger partial charge >= 0.3 is 0 Å². The lowest BCUT2D eigenvalue weighted by molar-refractivity contribution is 0.660. The molecule has 1 aliphatic rings. The molecule has 3 heteroatoms. The van der Waals surface area contributed by atoms with E-state index in [0.717, 1.165) is 56.1 Å². The topological polar surface area (TPSA) is 13.1 Å². The van der Waals surface area contributed by atoms with Crippen LogP contribution in [0.15, 0.2) is 273 Å². The van der Waals surface area contributed by atoms with Crippen molar-refractivity contribution in [3.63, 3.8) is 0 Å². The van der Waals surface area contributed by atoms with Crippen LogP contribution in [0.4, 0.5) is 17.1 Å². The van der Waals surface area contributed by atoms with Gasteiger partial charge in [-0.2, -0.15) is 0 Å². The summed E-state index contributed by atoms with van der Waals surface area (Å²) in [6, 6.07) is 101. The number of fused-ring (bicyclic) bond motifs is 10. The van der Waals surface area contributed by atoms with Crippen molar-refractivity contribution in [2.45, 2.75) is 19.3 Å². The lowest BCUT2D eigenvalue weighted by atomic mass is 9.82. The number of hydrogen-bond acceptors (Lipinski definition) is 1. The van der Waals surface area contributed by atoms with Gasteiger partial charge in [-0.25, -0.2) is 0 Å². The third-order valence-corrected chi connectivity index (χ3v) is 16.3. The minimum atomic E-state index is -0.106. The lowest BCUT2D eigenvalue weighted by Crippen LogP contribution is -2.14.